The van der Waals surface area contributed by atoms with Gasteiger partial charge in [-0.3, -0.25) is 0 Å². The van der Waals surface area contributed by atoms with E-state index in [4.69, 9.17) is 0 Å². The summed E-state index contributed by atoms with van der Waals surface area (Å²) in [6.07, 6.45) is 0. The predicted molar refractivity (Wildman–Crippen MR) is 393 cm³/mol. The Hall–Kier alpha value is -12.1. The molecular formula is C90H56N2. The maximum absolute atomic E-state index is 2.61. The van der Waals surface area contributed by atoms with E-state index in [1.54, 1.807) is 0 Å². The van der Waals surface area contributed by atoms with Crippen molar-refractivity contribution >= 4 is 108 Å². The zero-order valence-corrected chi connectivity index (χ0v) is 50.2. The SMILES string of the molecule is c1ccc(-c2c(-c3ccccc3)n(-c3cc4ccccc4c4ccccc34)c3cc4c(-c5ccc6ccccc6c5)c5cc6c(-c7ccccc7)c(-c7ccccc7)n(-c7cc8ccccc8c8ccccc78)c6cc5c(-c5ccc6ccccc6c5)c4cc23)cc1. The second-order valence-electron chi connectivity index (χ2n) is 24.6. The number of aromatic nitrogens is 2. The van der Waals surface area contributed by atoms with Gasteiger partial charge in [-0.2, -0.15) is 0 Å². The minimum absolute atomic E-state index is 1.13. The fourth-order valence-electron chi connectivity index (χ4n) is 15.6. The number of hydrogen-bond donors (Lipinski definition) is 0. The van der Waals surface area contributed by atoms with E-state index < -0.39 is 0 Å². The lowest BCUT2D eigenvalue weighted by molar-refractivity contribution is 1.15. The van der Waals surface area contributed by atoms with Gasteiger partial charge in [-0.05, 0) is 168 Å². The van der Waals surface area contributed by atoms with Crippen LogP contribution in [-0.4, -0.2) is 9.13 Å². The molecule has 2 nitrogen and oxygen atoms in total. The van der Waals surface area contributed by atoms with Crippen molar-refractivity contribution in [2.75, 3.05) is 0 Å². The lowest BCUT2D eigenvalue weighted by Crippen LogP contribution is -2.00. The Morgan fingerprint density at radius 2 is 0.457 bits per heavy atom. The molecule has 426 valence electrons. The summed E-state index contributed by atoms with van der Waals surface area (Å²) in [4.78, 5) is 0. The van der Waals surface area contributed by atoms with Crippen LogP contribution in [0.25, 0.3) is 186 Å². The molecule has 0 saturated heterocycles. The maximum atomic E-state index is 2.61. The second kappa shape index (κ2) is 20.8. The van der Waals surface area contributed by atoms with Gasteiger partial charge in [0.25, 0.3) is 0 Å². The van der Waals surface area contributed by atoms with Crippen LogP contribution in [0.4, 0.5) is 0 Å². The van der Waals surface area contributed by atoms with Crippen LogP contribution in [0.1, 0.15) is 0 Å². The fraction of sp³-hybridized carbons (Fsp3) is 0. The normalized spacial score (nSPS) is 11.9. The lowest BCUT2D eigenvalue weighted by Gasteiger charge is -2.21. The topological polar surface area (TPSA) is 9.86 Å². The van der Waals surface area contributed by atoms with Crippen molar-refractivity contribution in [3.05, 3.63) is 340 Å². The minimum atomic E-state index is 1.13. The zero-order chi connectivity index (χ0) is 60.4. The summed E-state index contributed by atoms with van der Waals surface area (Å²) >= 11 is 0. The van der Waals surface area contributed by atoms with E-state index in [1.807, 2.05) is 0 Å². The van der Waals surface area contributed by atoms with E-state index in [2.05, 4.69) is 349 Å². The highest BCUT2D eigenvalue weighted by atomic mass is 15.0. The molecule has 0 radical (unpaired) electrons. The Balaban J connectivity index is 1.08. The average molecular weight is 1170 g/mol. The molecule has 19 rings (SSSR count). The van der Waals surface area contributed by atoms with Crippen LogP contribution in [0.2, 0.25) is 0 Å². The summed E-state index contributed by atoms with van der Waals surface area (Å²) in [5, 5.41) is 21.6. The van der Waals surface area contributed by atoms with Crippen molar-refractivity contribution in [3.63, 3.8) is 0 Å². The van der Waals surface area contributed by atoms with Crippen molar-refractivity contribution in [2.24, 2.45) is 0 Å². The predicted octanol–water partition coefficient (Wildman–Crippen LogP) is 24.8. The standard InChI is InChI=1S/C90H56N2/c1-5-27-59(28-6-1)87-79-53-75-77(55-83(79)91(89(87)61-31-9-3-10-32-61)81-51-65-37-17-19-39-69(65)71-41-21-23-43-73(71)81)86(68-48-46-58-26-14-16-36-64(58)50-68)76-54-80-84(56-78(76)85(75)67-47-45-57-25-13-15-35-63(57)49-67)92(82-52-66-38-18-20-40-70(66)72-42-22-24-44-74(72)82)90(62-33-11-4-12-34-62)88(80)60-29-7-2-8-30-60/h1-56H. The Morgan fingerprint density at radius 3 is 0.848 bits per heavy atom. The molecule has 0 amide bonds. The van der Waals surface area contributed by atoms with Gasteiger partial charge >= 0.3 is 0 Å². The average Bonchev–Trinajstić information content (AvgIpc) is 1.46. The number of benzene rings is 17. The van der Waals surface area contributed by atoms with Gasteiger partial charge in [-0.15, -0.1) is 0 Å². The molecule has 0 fully saturated rings. The number of rotatable bonds is 8. The first kappa shape index (κ1) is 51.9. The molecule has 0 unspecified atom stereocenters. The van der Waals surface area contributed by atoms with Crippen LogP contribution in [0.5, 0.6) is 0 Å². The molecule has 0 aliphatic carbocycles. The third kappa shape index (κ3) is 8.00. The van der Waals surface area contributed by atoms with Gasteiger partial charge in [-0.1, -0.05) is 291 Å². The van der Waals surface area contributed by atoms with Gasteiger partial charge in [0.1, 0.15) is 0 Å². The summed E-state index contributed by atoms with van der Waals surface area (Å²) in [5.74, 6) is 0. The molecule has 17 aromatic carbocycles. The maximum Gasteiger partial charge on any atom is 0.0619 e. The van der Waals surface area contributed by atoms with Gasteiger partial charge in [0, 0.05) is 32.7 Å². The molecule has 0 aliphatic rings. The van der Waals surface area contributed by atoms with Crippen LogP contribution in [-0.2, 0) is 0 Å². The van der Waals surface area contributed by atoms with Crippen molar-refractivity contribution in [1.82, 2.24) is 9.13 Å². The molecule has 19 aromatic rings. The van der Waals surface area contributed by atoms with Gasteiger partial charge in [0.2, 0.25) is 0 Å². The lowest BCUT2D eigenvalue weighted by atomic mass is 9.83. The first-order valence-electron chi connectivity index (χ1n) is 31.9. The smallest absolute Gasteiger partial charge is 0.0619 e. The number of fused-ring (bicyclic) bond motifs is 12. The molecule has 92 heavy (non-hydrogen) atoms. The number of nitrogens with zero attached hydrogens (tertiary/aromatic N) is 2. The van der Waals surface area contributed by atoms with Gasteiger partial charge in [0.05, 0.1) is 33.8 Å². The van der Waals surface area contributed by atoms with Crippen molar-refractivity contribution in [1.29, 1.82) is 0 Å². The van der Waals surface area contributed by atoms with Crippen molar-refractivity contribution < 1.29 is 0 Å². The van der Waals surface area contributed by atoms with Gasteiger partial charge < -0.3 is 9.13 Å². The van der Waals surface area contributed by atoms with E-state index >= 15 is 0 Å². The van der Waals surface area contributed by atoms with Crippen molar-refractivity contribution in [3.8, 4) is 78.4 Å². The Bertz CT molecular complexity index is 5830. The van der Waals surface area contributed by atoms with Crippen LogP contribution >= 0.6 is 0 Å². The Labute approximate surface area is 532 Å². The van der Waals surface area contributed by atoms with Gasteiger partial charge in [0.15, 0.2) is 0 Å². The van der Waals surface area contributed by atoms with Crippen LogP contribution in [0.15, 0.2) is 340 Å². The highest BCUT2D eigenvalue weighted by Crippen LogP contribution is 2.54. The number of hydrogen-bond acceptors (Lipinski definition) is 0. The molecule has 2 heterocycles. The molecular weight excluding hydrogens is 1110 g/mol. The summed E-state index contributed by atoms with van der Waals surface area (Å²) in [7, 11) is 0. The van der Waals surface area contributed by atoms with Crippen LogP contribution in [0, 0.1) is 0 Å². The zero-order valence-electron chi connectivity index (χ0n) is 50.2. The third-order valence-electron chi connectivity index (χ3n) is 19.6. The first-order valence-corrected chi connectivity index (χ1v) is 31.9. The first-order chi connectivity index (χ1) is 45.7. The Morgan fingerprint density at radius 1 is 0.152 bits per heavy atom. The van der Waals surface area contributed by atoms with E-state index in [-0.39, 0.29) is 0 Å². The van der Waals surface area contributed by atoms with Crippen LogP contribution in [0.3, 0.4) is 0 Å². The highest BCUT2D eigenvalue weighted by Gasteiger charge is 2.30. The summed E-state index contributed by atoms with van der Waals surface area (Å²) in [6, 6.07) is 127. The molecule has 2 heteroatoms. The molecule has 0 atom stereocenters. The molecule has 0 saturated carbocycles. The molecule has 2 aromatic heterocycles. The molecule has 0 N–H and O–H groups in total. The van der Waals surface area contributed by atoms with Gasteiger partial charge in [-0.25, -0.2) is 0 Å². The minimum Gasteiger partial charge on any atom is -0.308 e. The quantitative estimate of drug-likeness (QED) is 0.106. The van der Waals surface area contributed by atoms with E-state index in [1.165, 1.54) is 119 Å². The Kier molecular flexibility index (Phi) is 11.7. The van der Waals surface area contributed by atoms with E-state index in [0.29, 0.717) is 0 Å². The molecule has 0 spiro atoms. The fourth-order valence-corrected chi connectivity index (χ4v) is 15.6. The summed E-state index contributed by atoms with van der Waals surface area (Å²) < 4.78 is 5.23. The molecule has 0 bridgehead atoms. The monoisotopic (exact) mass is 1160 g/mol. The van der Waals surface area contributed by atoms with E-state index in [0.717, 1.165) is 67.2 Å². The molecule has 0 aliphatic heterocycles. The van der Waals surface area contributed by atoms with E-state index in [9.17, 15) is 0 Å². The summed E-state index contributed by atoms with van der Waals surface area (Å²) in [5.41, 5.74) is 18.5. The second-order valence-corrected chi connectivity index (χ2v) is 24.6. The largest absolute Gasteiger partial charge is 0.308 e. The van der Waals surface area contributed by atoms with Crippen molar-refractivity contribution in [2.45, 2.75) is 0 Å². The highest BCUT2D eigenvalue weighted by molar-refractivity contribution is 6.29. The summed E-state index contributed by atoms with van der Waals surface area (Å²) in [6.45, 7) is 0. The van der Waals surface area contributed by atoms with Crippen LogP contribution < -0.4 is 0 Å². The third-order valence-corrected chi connectivity index (χ3v) is 19.6.